The second-order valence-electron chi connectivity index (χ2n) is 5.37. The highest BCUT2D eigenvalue weighted by Crippen LogP contribution is 2.36. The summed E-state index contributed by atoms with van der Waals surface area (Å²) < 4.78 is 0. The minimum atomic E-state index is -0.0517. The second-order valence-corrected chi connectivity index (χ2v) is 5.37. The highest BCUT2D eigenvalue weighted by molar-refractivity contribution is 5.83. The summed E-state index contributed by atoms with van der Waals surface area (Å²) in [4.78, 5) is 14.8. The summed E-state index contributed by atoms with van der Waals surface area (Å²) in [6.45, 7) is 7.35. The Morgan fingerprint density at radius 1 is 1.44 bits per heavy atom. The van der Waals surface area contributed by atoms with Crippen molar-refractivity contribution in [3.8, 4) is 0 Å². The van der Waals surface area contributed by atoms with Gasteiger partial charge in [-0.1, -0.05) is 6.92 Å². The largest absolute Gasteiger partial charge is 0.340 e. The van der Waals surface area contributed by atoms with Crippen molar-refractivity contribution >= 4 is 5.91 Å². The van der Waals surface area contributed by atoms with E-state index < -0.39 is 0 Å². The standard InChI is InChI=1S/C13H24N2O/c1-3-13(6-8-14-9-7-13)12(16)15-10-4-5-11(15)2/h11,14H,3-10H2,1-2H3. The number of rotatable bonds is 2. The molecule has 0 aromatic carbocycles. The van der Waals surface area contributed by atoms with Crippen molar-refractivity contribution in [3.63, 3.8) is 0 Å². The Labute approximate surface area is 98.6 Å². The van der Waals surface area contributed by atoms with Crippen LogP contribution in [0.25, 0.3) is 0 Å². The van der Waals surface area contributed by atoms with Gasteiger partial charge in [-0.3, -0.25) is 4.79 Å². The molecule has 2 heterocycles. The third-order valence-electron chi connectivity index (χ3n) is 4.50. The molecule has 2 saturated heterocycles. The summed E-state index contributed by atoms with van der Waals surface area (Å²) in [5.74, 6) is 0.432. The van der Waals surface area contributed by atoms with Gasteiger partial charge in [-0.25, -0.2) is 0 Å². The van der Waals surface area contributed by atoms with Crippen LogP contribution in [0.1, 0.15) is 46.0 Å². The van der Waals surface area contributed by atoms with Gasteiger partial charge in [0, 0.05) is 12.6 Å². The summed E-state index contributed by atoms with van der Waals surface area (Å²) in [6.07, 6.45) is 5.41. The first kappa shape index (κ1) is 11.9. The SMILES string of the molecule is CCC1(C(=O)N2CCCC2C)CCNCC1. The fraction of sp³-hybridized carbons (Fsp3) is 0.923. The lowest BCUT2D eigenvalue weighted by atomic mass is 9.75. The number of piperidine rings is 1. The van der Waals surface area contributed by atoms with Crippen LogP contribution in [0.5, 0.6) is 0 Å². The molecule has 1 amide bonds. The van der Waals surface area contributed by atoms with Gasteiger partial charge in [-0.05, 0) is 52.1 Å². The predicted molar refractivity (Wildman–Crippen MR) is 65.2 cm³/mol. The van der Waals surface area contributed by atoms with Gasteiger partial charge in [0.25, 0.3) is 0 Å². The number of amides is 1. The van der Waals surface area contributed by atoms with Crippen LogP contribution in [0.2, 0.25) is 0 Å². The van der Waals surface area contributed by atoms with Gasteiger partial charge < -0.3 is 10.2 Å². The Hall–Kier alpha value is -0.570. The van der Waals surface area contributed by atoms with E-state index in [0.717, 1.165) is 38.9 Å². The Morgan fingerprint density at radius 3 is 2.62 bits per heavy atom. The molecule has 2 rings (SSSR count). The molecule has 0 bridgehead atoms. The van der Waals surface area contributed by atoms with E-state index in [-0.39, 0.29) is 5.41 Å². The fourth-order valence-corrected chi connectivity index (χ4v) is 3.16. The summed E-state index contributed by atoms with van der Waals surface area (Å²) >= 11 is 0. The molecule has 1 unspecified atom stereocenters. The topological polar surface area (TPSA) is 32.3 Å². The second kappa shape index (κ2) is 4.74. The summed E-state index contributed by atoms with van der Waals surface area (Å²) in [6, 6.07) is 0.464. The minimum Gasteiger partial charge on any atom is -0.340 e. The van der Waals surface area contributed by atoms with Crippen molar-refractivity contribution in [2.45, 2.75) is 52.0 Å². The summed E-state index contributed by atoms with van der Waals surface area (Å²) in [7, 11) is 0. The van der Waals surface area contributed by atoms with Crippen molar-refractivity contribution in [2.24, 2.45) is 5.41 Å². The Balaban J connectivity index is 2.10. The van der Waals surface area contributed by atoms with E-state index in [4.69, 9.17) is 0 Å². The van der Waals surface area contributed by atoms with Crippen LogP contribution in [0.15, 0.2) is 0 Å². The number of carbonyl (C=O) groups is 1. The molecular formula is C13H24N2O. The van der Waals surface area contributed by atoms with Crippen LogP contribution < -0.4 is 5.32 Å². The zero-order valence-corrected chi connectivity index (χ0v) is 10.6. The van der Waals surface area contributed by atoms with E-state index in [0.29, 0.717) is 11.9 Å². The van der Waals surface area contributed by atoms with Gasteiger partial charge in [0.15, 0.2) is 0 Å². The first-order valence-electron chi connectivity index (χ1n) is 6.71. The lowest BCUT2D eigenvalue weighted by Gasteiger charge is -2.39. The predicted octanol–water partition coefficient (Wildman–Crippen LogP) is 1.78. The number of carbonyl (C=O) groups excluding carboxylic acids is 1. The van der Waals surface area contributed by atoms with Crippen molar-refractivity contribution < 1.29 is 4.79 Å². The molecule has 1 atom stereocenters. The lowest BCUT2D eigenvalue weighted by molar-refractivity contribution is -0.144. The van der Waals surface area contributed by atoms with Crippen LogP contribution in [-0.2, 0) is 4.79 Å². The van der Waals surface area contributed by atoms with Crippen molar-refractivity contribution in [2.75, 3.05) is 19.6 Å². The molecule has 1 N–H and O–H groups in total. The molecular weight excluding hydrogens is 200 g/mol. The Kier molecular flexibility index (Phi) is 3.53. The average molecular weight is 224 g/mol. The molecule has 0 aliphatic carbocycles. The normalized spacial score (nSPS) is 29.4. The molecule has 0 radical (unpaired) electrons. The monoisotopic (exact) mass is 224 g/mol. The van der Waals surface area contributed by atoms with E-state index in [1.807, 2.05) is 0 Å². The highest BCUT2D eigenvalue weighted by Gasteiger charge is 2.42. The molecule has 0 spiro atoms. The molecule has 3 nitrogen and oxygen atoms in total. The maximum absolute atomic E-state index is 12.7. The maximum Gasteiger partial charge on any atom is 0.229 e. The molecule has 3 heteroatoms. The van der Waals surface area contributed by atoms with Gasteiger partial charge in [0.05, 0.1) is 5.41 Å². The third-order valence-corrected chi connectivity index (χ3v) is 4.50. The molecule has 16 heavy (non-hydrogen) atoms. The highest BCUT2D eigenvalue weighted by atomic mass is 16.2. The molecule has 92 valence electrons. The molecule has 2 aliphatic rings. The third kappa shape index (κ3) is 1.97. The lowest BCUT2D eigenvalue weighted by Crippen LogP contribution is -2.49. The zero-order valence-electron chi connectivity index (χ0n) is 10.6. The smallest absolute Gasteiger partial charge is 0.229 e. The molecule has 0 aromatic heterocycles. The summed E-state index contributed by atoms with van der Waals surface area (Å²) in [5, 5.41) is 3.36. The molecule has 0 aromatic rings. The number of nitrogens with one attached hydrogen (secondary N) is 1. The molecule has 2 aliphatic heterocycles. The van der Waals surface area contributed by atoms with Crippen LogP contribution >= 0.6 is 0 Å². The van der Waals surface area contributed by atoms with Crippen molar-refractivity contribution in [1.82, 2.24) is 10.2 Å². The van der Waals surface area contributed by atoms with Crippen LogP contribution in [-0.4, -0.2) is 36.5 Å². The van der Waals surface area contributed by atoms with Crippen molar-refractivity contribution in [3.05, 3.63) is 0 Å². The van der Waals surface area contributed by atoms with Crippen LogP contribution in [0.4, 0.5) is 0 Å². The first-order chi connectivity index (χ1) is 7.69. The van der Waals surface area contributed by atoms with Crippen LogP contribution in [0, 0.1) is 5.41 Å². The van der Waals surface area contributed by atoms with Gasteiger partial charge in [0.1, 0.15) is 0 Å². The zero-order chi connectivity index (χ0) is 11.6. The van der Waals surface area contributed by atoms with E-state index in [1.54, 1.807) is 0 Å². The van der Waals surface area contributed by atoms with E-state index in [9.17, 15) is 4.79 Å². The maximum atomic E-state index is 12.7. The van der Waals surface area contributed by atoms with E-state index >= 15 is 0 Å². The number of nitrogens with zero attached hydrogens (tertiary/aromatic N) is 1. The molecule has 2 fully saturated rings. The molecule has 0 saturated carbocycles. The van der Waals surface area contributed by atoms with Crippen LogP contribution in [0.3, 0.4) is 0 Å². The van der Waals surface area contributed by atoms with Crippen molar-refractivity contribution in [1.29, 1.82) is 0 Å². The number of hydrogen-bond acceptors (Lipinski definition) is 2. The fourth-order valence-electron chi connectivity index (χ4n) is 3.16. The first-order valence-corrected chi connectivity index (χ1v) is 6.71. The average Bonchev–Trinajstić information content (AvgIpc) is 2.75. The Bertz CT molecular complexity index is 259. The van der Waals surface area contributed by atoms with Gasteiger partial charge >= 0.3 is 0 Å². The number of likely N-dealkylation sites (tertiary alicyclic amines) is 1. The van der Waals surface area contributed by atoms with Gasteiger partial charge in [0.2, 0.25) is 5.91 Å². The van der Waals surface area contributed by atoms with Gasteiger partial charge in [-0.2, -0.15) is 0 Å². The van der Waals surface area contributed by atoms with Gasteiger partial charge in [-0.15, -0.1) is 0 Å². The number of hydrogen-bond donors (Lipinski definition) is 1. The van der Waals surface area contributed by atoms with E-state index in [2.05, 4.69) is 24.1 Å². The summed E-state index contributed by atoms with van der Waals surface area (Å²) in [5.41, 5.74) is -0.0517. The quantitative estimate of drug-likeness (QED) is 0.775. The minimum absolute atomic E-state index is 0.0517. The van der Waals surface area contributed by atoms with E-state index in [1.165, 1.54) is 12.8 Å². The Morgan fingerprint density at radius 2 is 2.12 bits per heavy atom.